The van der Waals surface area contributed by atoms with Gasteiger partial charge in [0.05, 0.1) is 28.1 Å². The molecule has 0 saturated heterocycles. The number of para-hydroxylation sites is 4. The Bertz CT molecular complexity index is 2910. The highest BCUT2D eigenvalue weighted by Crippen LogP contribution is 2.50. The van der Waals surface area contributed by atoms with Gasteiger partial charge in [-0.3, -0.25) is 4.57 Å². The number of anilines is 4. The maximum absolute atomic E-state index is 14.2. The lowest BCUT2D eigenvalue weighted by atomic mass is 9.83. The Morgan fingerprint density at radius 2 is 1.37 bits per heavy atom. The molecule has 0 unspecified atom stereocenters. The van der Waals surface area contributed by atoms with E-state index in [-0.39, 0.29) is 16.6 Å². The van der Waals surface area contributed by atoms with Gasteiger partial charge in [0.25, 0.3) is 0 Å². The standard InChI is InChI=1S/C53H51FN4O/c1-34(2)36-28-39(56-33-57(48-19-12-11-18-47(48)56)51-42(35-20-22-38(54)23-21-35)15-13-16-45(51)53(6,7)8)31-41(29-36)59-40-24-25-44-43-14-9-10-17-46(43)58(49(44)32-40)50-30-37(26-27-55-50)52(3,4)5/h9-32,34H,33H2,1-8H3/i34D. The molecule has 6 aromatic carbocycles. The summed E-state index contributed by atoms with van der Waals surface area (Å²) in [6.45, 7) is 17.7. The summed E-state index contributed by atoms with van der Waals surface area (Å²) >= 11 is 0. The molecule has 0 saturated carbocycles. The summed E-state index contributed by atoms with van der Waals surface area (Å²) in [6, 6.07) is 46.9. The fraction of sp³-hybridized carbons (Fsp3) is 0.226. The summed E-state index contributed by atoms with van der Waals surface area (Å²) in [6.07, 6.45) is 1.90. The summed E-state index contributed by atoms with van der Waals surface area (Å²) in [5.41, 5.74) is 11.2. The van der Waals surface area contributed by atoms with E-state index in [4.69, 9.17) is 9.72 Å². The number of aromatic nitrogens is 2. The zero-order chi connectivity index (χ0) is 42.1. The van der Waals surface area contributed by atoms with E-state index in [1.807, 2.05) is 44.3 Å². The summed E-state index contributed by atoms with van der Waals surface area (Å²) in [5.74, 6) is 1.04. The van der Waals surface area contributed by atoms with E-state index in [1.165, 1.54) is 23.3 Å². The number of pyridine rings is 1. The Labute approximate surface area is 348 Å². The van der Waals surface area contributed by atoms with Crippen LogP contribution in [0.25, 0.3) is 38.8 Å². The van der Waals surface area contributed by atoms with Gasteiger partial charge < -0.3 is 14.5 Å². The third kappa shape index (κ3) is 7.01. The average molecular weight is 780 g/mol. The van der Waals surface area contributed by atoms with Crippen LogP contribution in [0.2, 0.25) is 0 Å². The lowest BCUT2D eigenvalue weighted by Gasteiger charge is -2.32. The second-order valence-corrected chi connectivity index (χ2v) is 17.9. The van der Waals surface area contributed by atoms with Crippen molar-refractivity contribution in [2.75, 3.05) is 16.5 Å². The molecule has 0 radical (unpaired) electrons. The molecule has 0 spiro atoms. The highest BCUT2D eigenvalue weighted by molar-refractivity contribution is 6.09. The number of ether oxygens (including phenoxy) is 1. The molecule has 0 atom stereocenters. The molecule has 3 heterocycles. The van der Waals surface area contributed by atoms with Gasteiger partial charge in [0.2, 0.25) is 0 Å². The Kier molecular flexibility index (Phi) is 9.04. The van der Waals surface area contributed by atoms with Crippen molar-refractivity contribution in [3.05, 3.63) is 168 Å². The second kappa shape index (κ2) is 14.5. The Hall–Kier alpha value is -6.40. The molecule has 0 N–H and O–H groups in total. The highest BCUT2D eigenvalue weighted by Gasteiger charge is 2.33. The maximum atomic E-state index is 14.2. The molecule has 59 heavy (non-hydrogen) atoms. The Balaban J connectivity index is 1.15. The van der Waals surface area contributed by atoms with E-state index >= 15 is 0 Å². The molecule has 0 amide bonds. The first kappa shape index (κ1) is 36.9. The fourth-order valence-electron chi connectivity index (χ4n) is 8.42. The van der Waals surface area contributed by atoms with E-state index in [0.29, 0.717) is 18.2 Å². The zero-order valence-electron chi connectivity index (χ0n) is 36.1. The zero-order valence-corrected chi connectivity index (χ0v) is 35.1. The van der Waals surface area contributed by atoms with E-state index in [0.717, 1.165) is 67.1 Å². The number of nitrogens with zero attached hydrogens (tertiary/aromatic N) is 4. The van der Waals surface area contributed by atoms with Crippen molar-refractivity contribution in [2.45, 2.75) is 72.1 Å². The molecular weight excluding hydrogens is 728 g/mol. The summed E-state index contributed by atoms with van der Waals surface area (Å²) in [4.78, 5) is 9.56. The quantitative estimate of drug-likeness (QED) is 0.161. The van der Waals surface area contributed by atoms with Crippen LogP contribution in [0.15, 0.2) is 146 Å². The number of hydrogen-bond donors (Lipinski definition) is 0. The first-order valence-corrected chi connectivity index (χ1v) is 20.4. The SMILES string of the molecule is [2H]C(C)(C)c1cc(Oc2ccc3c4ccccc4n(-c4cc(C(C)(C)C)ccn4)c3c2)cc(N2CN(c3c(-c4ccc(F)cc4)cccc3C(C)(C)C)c3ccccc32)c1. The van der Waals surface area contributed by atoms with Crippen molar-refractivity contribution < 1.29 is 10.5 Å². The van der Waals surface area contributed by atoms with Gasteiger partial charge in [-0.05, 0) is 106 Å². The van der Waals surface area contributed by atoms with Crippen LogP contribution in [0.5, 0.6) is 11.5 Å². The van der Waals surface area contributed by atoms with Crippen LogP contribution >= 0.6 is 0 Å². The minimum absolute atomic E-state index is 0.0349. The van der Waals surface area contributed by atoms with Gasteiger partial charge in [-0.25, -0.2) is 9.37 Å². The van der Waals surface area contributed by atoms with Gasteiger partial charge in [-0.2, -0.15) is 0 Å². The van der Waals surface area contributed by atoms with Crippen molar-refractivity contribution >= 4 is 44.6 Å². The summed E-state index contributed by atoms with van der Waals surface area (Å²) in [7, 11) is 0. The van der Waals surface area contributed by atoms with Crippen LogP contribution in [0, 0.1) is 5.82 Å². The van der Waals surface area contributed by atoms with Crippen LogP contribution in [0.1, 0.15) is 79.3 Å². The molecule has 0 aliphatic carbocycles. The van der Waals surface area contributed by atoms with Gasteiger partial charge >= 0.3 is 0 Å². The predicted molar refractivity (Wildman–Crippen MR) is 244 cm³/mol. The van der Waals surface area contributed by atoms with Crippen LogP contribution in [-0.2, 0) is 10.8 Å². The van der Waals surface area contributed by atoms with Crippen molar-refractivity contribution in [3.8, 4) is 28.4 Å². The Morgan fingerprint density at radius 3 is 2.10 bits per heavy atom. The average Bonchev–Trinajstić information content (AvgIpc) is 3.76. The number of rotatable bonds is 7. The monoisotopic (exact) mass is 779 g/mol. The van der Waals surface area contributed by atoms with E-state index in [9.17, 15) is 5.76 Å². The predicted octanol–water partition coefficient (Wildman–Crippen LogP) is 14.7. The smallest absolute Gasteiger partial charge is 0.137 e. The van der Waals surface area contributed by atoms with Crippen molar-refractivity contribution in [1.82, 2.24) is 9.55 Å². The summed E-state index contributed by atoms with van der Waals surface area (Å²) in [5, 5.41) is 2.27. The van der Waals surface area contributed by atoms with Crippen molar-refractivity contribution in [2.24, 2.45) is 0 Å². The molecular formula is C53H51FN4O. The summed E-state index contributed by atoms with van der Waals surface area (Å²) < 4.78 is 32.5. The lowest BCUT2D eigenvalue weighted by Crippen LogP contribution is -2.27. The highest BCUT2D eigenvalue weighted by atomic mass is 19.1. The number of halogens is 1. The number of fused-ring (bicyclic) bond motifs is 4. The van der Waals surface area contributed by atoms with E-state index < -0.39 is 5.89 Å². The molecule has 9 rings (SSSR count). The minimum Gasteiger partial charge on any atom is -0.457 e. The number of benzene rings is 6. The van der Waals surface area contributed by atoms with Crippen LogP contribution < -0.4 is 14.5 Å². The van der Waals surface area contributed by atoms with E-state index in [2.05, 4.69) is 159 Å². The van der Waals surface area contributed by atoms with Crippen LogP contribution in [0.3, 0.4) is 0 Å². The normalized spacial score (nSPS) is 13.6. The molecule has 2 aromatic heterocycles. The molecule has 5 nitrogen and oxygen atoms in total. The van der Waals surface area contributed by atoms with Crippen LogP contribution in [-0.4, -0.2) is 16.2 Å². The van der Waals surface area contributed by atoms with Crippen LogP contribution in [0.4, 0.5) is 27.1 Å². The van der Waals surface area contributed by atoms with Gasteiger partial charge in [-0.1, -0.05) is 116 Å². The molecule has 8 aromatic rings. The molecule has 0 fully saturated rings. The van der Waals surface area contributed by atoms with Gasteiger partial charge in [-0.15, -0.1) is 0 Å². The molecule has 6 heteroatoms. The van der Waals surface area contributed by atoms with Crippen molar-refractivity contribution in [1.29, 1.82) is 0 Å². The molecule has 296 valence electrons. The first-order chi connectivity index (χ1) is 28.5. The molecule has 1 aliphatic heterocycles. The minimum atomic E-state index is -0.901. The third-order valence-electron chi connectivity index (χ3n) is 11.5. The topological polar surface area (TPSA) is 33.5 Å². The maximum Gasteiger partial charge on any atom is 0.137 e. The fourth-order valence-corrected chi connectivity index (χ4v) is 8.42. The van der Waals surface area contributed by atoms with Crippen molar-refractivity contribution in [3.63, 3.8) is 0 Å². The molecule has 1 aliphatic rings. The van der Waals surface area contributed by atoms with Gasteiger partial charge in [0, 0.05) is 41.7 Å². The second-order valence-electron chi connectivity index (χ2n) is 17.9. The third-order valence-corrected chi connectivity index (χ3v) is 11.5. The number of hydrogen-bond acceptors (Lipinski definition) is 4. The lowest BCUT2D eigenvalue weighted by molar-refractivity contribution is 0.482. The van der Waals surface area contributed by atoms with E-state index in [1.54, 1.807) is 0 Å². The van der Waals surface area contributed by atoms with Gasteiger partial charge in [0.1, 0.15) is 29.8 Å². The van der Waals surface area contributed by atoms with Gasteiger partial charge in [0.15, 0.2) is 0 Å². The molecule has 0 bridgehead atoms. The Morgan fingerprint density at radius 1 is 0.661 bits per heavy atom. The first-order valence-electron chi connectivity index (χ1n) is 20.9. The largest absolute Gasteiger partial charge is 0.457 e.